The molecule has 0 aromatic heterocycles. The van der Waals surface area contributed by atoms with Crippen molar-refractivity contribution in [3.8, 4) is 5.75 Å². The number of methoxy groups -OCH3 is 1. The predicted molar refractivity (Wildman–Crippen MR) is 99.8 cm³/mol. The summed E-state index contributed by atoms with van der Waals surface area (Å²) in [4.78, 5) is 0.303. The van der Waals surface area contributed by atoms with Crippen LogP contribution in [0.3, 0.4) is 0 Å². The van der Waals surface area contributed by atoms with Crippen LogP contribution in [0.2, 0.25) is 5.02 Å². The van der Waals surface area contributed by atoms with Gasteiger partial charge in [0.1, 0.15) is 5.75 Å². The summed E-state index contributed by atoms with van der Waals surface area (Å²) in [6.07, 6.45) is 1.52. The highest BCUT2D eigenvalue weighted by atomic mass is 35.5. The van der Waals surface area contributed by atoms with Gasteiger partial charge in [-0.1, -0.05) is 11.6 Å². The number of sulfonamides is 1. The second-order valence-electron chi connectivity index (χ2n) is 6.01. The van der Waals surface area contributed by atoms with Gasteiger partial charge in [-0.3, -0.25) is 0 Å². The van der Waals surface area contributed by atoms with E-state index in [-0.39, 0.29) is 6.04 Å². The van der Waals surface area contributed by atoms with Crippen molar-refractivity contribution in [1.29, 1.82) is 0 Å². The zero-order chi connectivity index (χ0) is 17.9. The Morgan fingerprint density at radius 1 is 1.04 bits per heavy atom. The molecule has 0 spiro atoms. The minimum Gasteiger partial charge on any atom is -0.497 e. The van der Waals surface area contributed by atoms with E-state index in [1.807, 2.05) is 24.3 Å². The largest absolute Gasteiger partial charge is 0.497 e. The van der Waals surface area contributed by atoms with Gasteiger partial charge in [0, 0.05) is 29.8 Å². The van der Waals surface area contributed by atoms with E-state index >= 15 is 0 Å². The summed E-state index contributed by atoms with van der Waals surface area (Å²) in [7, 11) is -1.90. The predicted octanol–water partition coefficient (Wildman–Crippen LogP) is 3.61. The lowest BCUT2D eigenvalue weighted by atomic mass is 10.1. The van der Waals surface area contributed by atoms with Gasteiger partial charge in [-0.15, -0.1) is 0 Å². The van der Waals surface area contributed by atoms with E-state index in [1.165, 1.54) is 0 Å². The van der Waals surface area contributed by atoms with Gasteiger partial charge in [-0.05, 0) is 61.4 Å². The van der Waals surface area contributed by atoms with Crippen LogP contribution in [0.1, 0.15) is 12.8 Å². The molecule has 1 aliphatic heterocycles. The van der Waals surface area contributed by atoms with Crippen LogP contribution in [0.4, 0.5) is 5.69 Å². The fourth-order valence-corrected chi connectivity index (χ4v) is 4.51. The second kappa shape index (κ2) is 7.64. The Morgan fingerprint density at radius 2 is 1.64 bits per heavy atom. The van der Waals surface area contributed by atoms with E-state index in [9.17, 15) is 8.42 Å². The maximum atomic E-state index is 12.7. The standard InChI is InChI=1S/C18H21ClN2O3S/c1-24-17-6-8-18(9-7-17)25(22,23)21-12-10-16(11-13-21)20-15-4-2-14(19)3-5-15/h2-9,16,20H,10-13H2,1H3. The van der Waals surface area contributed by atoms with Crippen molar-refractivity contribution < 1.29 is 13.2 Å². The maximum Gasteiger partial charge on any atom is 0.243 e. The van der Waals surface area contributed by atoms with Crippen molar-refractivity contribution in [1.82, 2.24) is 4.31 Å². The Balaban J connectivity index is 1.61. The lowest BCUT2D eigenvalue weighted by molar-refractivity contribution is 0.329. The SMILES string of the molecule is COc1ccc(S(=O)(=O)N2CCC(Nc3ccc(Cl)cc3)CC2)cc1. The molecule has 3 rings (SSSR count). The van der Waals surface area contributed by atoms with E-state index in [2.05, 4.69) is 5.32 Å². The third kappa shape index (κ3) is 4.26. The minimum atomic E-state index is -3.46. The summed E-state index contributed by atoms with van der Waals surface area (Å²) >= 11 is 5.89. The van der Waals surface area contributed by atoms with Gasteiger partial charge in [0.15, 0.2) is 0 Å². The lowest BCUT2D eigenvalue weighted by Gasteiger charge is -2.32. The highest BCUT2D eigenvalue weighted by Gasteiger charge is 2.29. The summed E-state index contributed by atoms with van der Waals surface area (Å²) in [6, 6.07) is 14.3. The summed E-state index contributed by atoms with van der Waals surface area (Å²) < 4.78 is 32.1. The second-order valence-corrected chi connectivity index (χ2v) is 8.38. The fraction of sp³-hybridized carbons (Fsp3) is 0.333. The normalized spacial score (nSPS) is 16.6. The molecule has 0 saturated carbocycles. The number of ether oxygens (including phenoxy) is 1. The van der Waals surface area contributed by atoms with Gasteiger partial charge >= 0.3 is 0 Å². The Kier molecular flexibility index (Phi) is 5.51. The van der Waals surface area contributed by atoms with Gasteiger partial charge in [-0.2, -0.15) is 4.31 Å². The van der Waals surface area contributed by atoms with Crippen molar-refractivity contribution in [3.05, 3.63) is 53.6 Å². The molecule has 0 aliphatic carbocycles. The summed E-state index contributed by atoms with van der Waals surface area (Å²) in [5.74, 6) is 0.643. The van der Waals surface area contributed by atoms with E-state index in [4.69, 9.17) is 16.3 Å². The first-order valence-corrected chi connectivity index (χ1v) is 9.97. The highest BCUT2D eigenvalue weighted by molar-refractivity contribution is 7.89. The molecule has 0 unspecified atom stereocenters. The van der Waals surface area contributed by atoms with Gasteiger partial charge in [0.25, 0.3) is 0 Å². The fourth-order valence-electron chi connectivity index (χ4n) is 2.92. The highest BCUT2D eigenvalue weighted by Crippen LogP contribution is 2.24. The molecule has 7 heteroatoms. The number of hydrogen-bond acceptors (Lipinski definition) is 4. The van der Waals surface area contributed by atoms with E-state index in [0.29, 0.717) is 28.8 Å². The monoisotopic (exact) mass is 380 g/mol. The number of benzene rings is 2. The van der Waals surface area contributed by atoms with Gasteiger partial charge < -0.3 is 10.1 Å². The van der Waals surface area contributed by atoms with Crippen molar-refractivity contribution in [2.75, 3.05) is 25.5 Å². The average molecular weight is 381 g/mol. The minimum absolute atomic E-state index is 0.253. The average Bonchev–Trinajstić information content (AvgIpc) is 2.64. The number of piperidine rings is 1. The van der Waals surface area contributed by atoms with Crippen LogP contribution in [0, 0.1) is 0 Å². The quantitative estimate of drug-likeness (QED) is 0.860. The Hall–Kier alpha value is -1.76. The van der Waals surface area contributed by atoms with Gasteiger partial charge in [0.2, 0.25) is 10.0 Å². The number of nitrogens with one attached hydrogen (secondary N) is 1. The molecule has 25 heavy (non-hydrogen) atoms. The first kappa shape index (κ1) is 18.0. The van der Waals surface area contributed by atoms with Gasteiger partial charge in [0.05, 0.1) is 12.0 Å². The van der Waals surface area contributed by atoms with Crippen molar-refractivity contribution in [3.63, 3.8) is 0 Å². The molecule has 0 radical (unpaired) electrons. The molecule has 5 nitrogen and oxygen atoms in total. The molecule has 0 amide bonds. The molecule has 0 atom stereocenters. The molecule has 2 aromatic carbocycles. The number of halogens is 1. The van der Waals surface area contributed by atoms with Gasteiger partial charge in [-0.25, -0.2) is 8.42 Å². The van der Waals surface area contributed by atoms with Crippen LogP contribution < -0.4 is 10.1 Å². The molecule has 134 valence electrons. The van der Waals surface area contributed by atoms with Crippen molar-refractivity contribution >= 4 is 27.3 Å². The molecule has 0 bridgehead atoms. The smallest absolute Gasteiger partial charge is 0.243 e. The van der Waals surface area contributed by atoms with Crippen LogP contribution in [0.5, 0.6) is 5.75 Å². The molecule has 1 saturated heterocycles. The first-order chi connectivity index (χ1) is 12.0. The third-order valence-electron chi connectivity index (χ3n) is 4.37. The Bertz CT molecular complexity index is 799. The zero-order valence-electron chi connectivity index (χ0n) is 14.0. The number of nitrogens with zero attached hydrogens (tertiary/aromatic N) is 1. The lowest BCUT2D eigenvalue weighted by Crippen LogP contribution is -2.42. The third-order valence-corrected chi connectivity index (χ3v) is 6.53. The topological polar surface area (TPSA) is 58.6 Å². The summed E-state index contributed by atoms with van der Waals surface area (Å²) in [6.45, 7) is 0.999. The first-order valence-electron chi connectivity index (χ1n) is 8.15. The zero-order valence-corrected chi connectivity index (χ0v) is 15.6. The van der Waals surface area contributed by atoms with E-state index < -0.39 is 10.0 Å². The molecule has 2 aromatic rings. The Morgan fingerprint density at radius 3 is 2.20 bits per heavy atom. The van der Waals surface area contributed by atoms with Crippen LogP contribution in [-0.4, -0.2) is 39.0 Å². The van der Waals surface area contributed by atoms with Crippen LogP contribution in [0.25, 0.3) is 0 Å². The maximum absolute atomic E-state index is 12.7. The van der Waals surface area contributed by atoms with E-state index in [0.717, 1.165) is 18.5 Å². The molecule has 1 aliphatic rings. The molecule has 1 N–H and O–H groups in total. The molecular formula is C18H21ClN2O3S. The van der Waals surface area contributed by atoms with Crippen molar-refractivity contribution in [2.45, 2.75) is 23.8 Å². The van der Waals surface area contributed by atoms with Crippen LogP contribution in [-0.2, 0) is 10.0 Å². The van der Waals surface area contributed by atoms with E-state index in [1.54, 1.807) is 35.7 Å². The number of anilines is 1. The summed E-state index contributed by atoms with van der Waals surface area (Å²) in [5, 5.41) is 4.14. The van der Waals surface area contributed by atoms with Crippen LogP contribution >= 0.6 is 11.6 Å². The Labute approximate surface area is 153 Å². The number of rotatable bonds is 5. The molecular weight excluding hydrogens is 360 g/mol. The molecule has 1 fully saturated rings. The van der Waals surface area contributed by atoms with Crippen molar-refractivity contribution in [2.24, 2.45) is 0 Å². The van der Waals surface area contributed by atoms with Crippen LogP contribution in [0.15, 0.2) is 53.4 Å². The summed E-state index contributed by atoms with van der Waals surface area (Å²) in [5.41, 5.74) is 1.00. The number of hydrogen-bond donors (Lipinski definition) is 1. The molecule has 1 heterocycles.